The SMILES string of the molecule is O=C(O)NC1CCC(c2nnc(COCc3ccccc3)o2)CC1. The van der Waals surface area contributed by atoms with E-state index in [0.29, 0.717) is 18.4 Å². The van der Waals surface area contributed by atoms with Crippen LogP contribution in [-0.2, 0) is 18.0 Å². The van der Waals surface area contributed by atoms with Gasteiger partial charge in [0.05, 0.1) is 6.61 Å². The number of ether oxygens (including phenoxy) is 1. The zero-order valence-electron chi connectivity index (χ0n) is 13.4. The Bertz CT molecular complexity index is 651. The summed E-state index contributed by atoms with van der Waals surface area (Å²) in [5, 5.41) is 19.4. The predicted octanol–water partition coefficient (Wildman–Crippen LogP) is 3.08. The summed E-state index contributed by atoms with van der Waals surface area (Å²) in [6, 6.07) is 9.94. The average Bonchev–Trinajstić information content (AvgIpc) is 3.05. The lowest BCUT2D eigenvalue weighted by Gasteiger charge is -2.26. The van der Waals surface area contributed by atoms with Gasteiger partial charge in [0.2, 0.25) is 11.8 Å². The monoisotopic (exact) mass is 331 g/mol. The van der Waals surface area contributed by atoms with Crippen LogP contribution < -0.4 is 5.32 Å². The molecule has 0 atom stereocenters. The Morgan fingerprint density at radius 1 is 1.17 bits per heavy atom. The molecule has 0 unspecified atom stereocenters. The molecule has 0 aliphatic heterocycles. The molecule has 7 heteroatoms. The lowest BCUT2D eigenvalue weighted by atomic mass is 9.86. The van der Waals surface area contributed by atoms with Crippen molar-refractivity contribution in [3.63, 3.8) is 0 Å². The highest BCUT2D eigenvalue weighted by Crippen LogP contribution is 2.32. The molecule has 2 N–H and O–H groups in total. The highest BCUT2D eigenvalue weighted by molar-refractivity contribution is 5.64. The van der Waals surface area contributed by atoms with Gasteiger partial charge in [0, 0.05) is 12.0 Å². The van der Waals surface area contributed by atoms with Gasteiger partial charge in [-0.15, -0.1) is 10.2 Å². The minimum Gasteiger partial charge on any atom is -0.465 e. The molecule has 24 heavy (non-hydrogen) atoms. The molecule has 0 saturated heterocycles. The summed E-state index contributed by atoms with van der Waals surface area (Å²) in [6.45, 7) is 0.794. The van der Waals surface area contributed by atoms with Crippen molar-refractivity contribution in [3.05, 3.63) is 47.7 Å². The van der Waals surface area contributed by atoms with E-state index in [4.69, 9.17) is 14.3 Å². The van der Waals surface area contributed by atoms with Crippen LogP contribution in [0, 0.1) is 0 Å². The second-order valence-electron chi connectivity index (χ2n) is 6.01. The van der Waals surface area contributed by atoms with Crippen LogP contribution in [0.5, 0.6) is 0 Å². The van der Waals surface area contributed by atoms with Gasteiger partial charge in [0.15, 0.2) is 0 Å². The molecule has 1 aliphatic rings. The Morgan fingerprint density at radius 3 is 2.62 bits per heavy atom. The van der Waals surface area contributed by atoms with E-state index >= 15 is 0 Å². The summed E-state index contributed by atoms with van der Waals surface area (Å²) >= 11 is 0. The minimum absolute atomic E-state index is 0.0235. The molecule has 1 aromatic heterocycles. The predicted molar refractivity (Wildman–Crippen MR) is 85.4 cm³/mol. The fourth-order valence-electron chi connectivity index (χ4n) is 2.98. The number of benzene rings is 1. The molecular formula is C17H21N3O4. The molecule has 1 aliphatic carbocycles. The number of aromatic nitrogens is 2. The largest absolute Gasteiger partial charge is 0.465 e. The third-order valence-electron chi connectivity index (χ3n) is 4.22. The molecule has 1 heterocycles. The average molecular weight is 331 g/mol. The molecular weight excluding hydrogens is 310 g/mol. The van der Waals surface area contributed by atoms with Gasteiger partial charge in [-0.1, -0.05) is 30.3 Å². The fraction of sp³-hybridized carbons (Fsp3) is 0.471. The van der Waals surface area contributed by atoms with Crippen LogP contribution in [0.1, 0.15) is 48.9 Å². The van der Waals surface area contributed by atoms with Crippen molar-refractivity contribution in [3.8, 4) is 0 Å². The van der Waals surface area contributed by atoms with E-state index in [9.17, 15) is 4.79 Å². The van der Waals surface area contributed by atoms with E-state index < -0.39 is 6.09 Å². The Kier molecular flexibility index (Phi) is 5.43. The highest BCUT2D eigenvalue weighted by atomic mass is 16.5. The van der Waals surface area contributed by atoms with Crippen molar-refractivity contribution in [2.75, 3.05) is 0 Å². The first-order valence-corrected chi connectivity index (χ1v) is 8.14. The van der Waals surface area contributed by atoms with Crippen LogP contribution in [0.15, 0.2) is 34.7 Å². The smallest absolute Gasteiger partial charge is 0.404 e. The van der Waals surface area contributed by atoms with E-state index in [-0.39, 0.29) is 18.6 Å². The third-order valence-corrected chi connectivity index (χ3v) is 4.22. The molecule has 0 spiro atoms. The van der Waals surface area contributed by atoms with E-state index in [1.165, 1.54) is 0 Å². The van der Waals surface area contributed by atoms with Crippen LogP contribution in [0.4, 0.5) is 4.79 Å². The zero-order valence-corrected chi connectivity index (χ0v) is 13.4. The topological polar surface area (TPSA) is 97.5 Å². The van der Waals surface area contributed by atoms with Gasteiger partial charge < -0.3 is 19.6 Å². The molecule has 1 amide bonds. The van der Waals surface area contributed by atoms with E-state index in [1.54, 1.807) is 0 Å². The molecule has 128 valence electrons. The van der Waals surface area contributed by atoms with Crippen molar-refractivity contribution in [1.29, 1.82) is 0 Å². The van der Waals surface area contributed by atoms with Gasteiger partial charge in [-0.05, 0) is 31.2 Å². The highest BCUT2D eigenvalue weighted by Gasteiger charge is 2.27. The number of carboxylic acid groups (broad SMARTS) is 1. The fourth-order valence-corrected chi connectivity index (χ4v) is 2.98. The number of nitrogens with zero attached hydrogens (tertiary/aromatic N) is 2. The third kappa shape index (κ3) is 4.55. The first-order chi connectivity index (χ1) is 11.7. The molecule has 0 radical (unpaired) electrons. The van der Waals surface area contributed by atoms with E-state index in [1.807, 2.05) is 30.3 Å². The molecule has 2 aromatic rings. The molecule has 1 aromatic carbocycles. The zero-order chi connectivity index (χ0) is 16.8. The summed E-state index contributed by atoms with van der Waals surface area (Å²) in [4.78, 5) is 10.7. The minimum atomic E-state index is -0.964. The molecule has 7 nitrogen and oxygen atoms in total. The van der Waals surface area contributed by atoms with Gasteiger partial charge in [-0.3, -0.25) is 0 Å². The normalized spacial score (nSPS) is 20.7. The quantitative estimate of drug-likeness (QED) is 0.844. The second kappa shape index (κ2) is 7.92. The molecule has 0 bridgehead atoms. The standard InChI is InChI=1S/C17H21N3O4/c21-17(22)18-14-8-6-13(7-9-14)16-20-19-15(24-16)11-23-10-12-4-2-1-3-5-12/h1-5,13-14,18H,6-11H2,(H,21,22). The maximum Gasteiger partial charge on any atom is 0.404 e. The Morgan fingerprint density at radius 2 is 1.92 bits per heavy atom. The van der Waals surface area contributed by atoms with Crippen LogP contribution in [0.2, 0.25) is 0 Å². The van der Waals surface area contributed by atoms with Crippen LogP contribution in [-0.4, -0.2) is 27.4 Å². The maximum absolute atomic E-state index is 10.7. The number of hydrogen-bond donors (Lipinski definition) is 2. The maximum atomic E-state index is 10.7. The van der Waals surface area contributed by atoms with Gasteiger partial charge >= 0.3 is 6.09 Å². The van der Waals surface area contributed by atoms with Crippen LogP contribution in [0.25, 0.3) is 0 Å². The number of hydrogen-bond acceptors (Lipinski definition) is 5. The summed E-state index contributed by atoms with van der Waals surface area (Å²) in [5.41, 5.74) is 1.10. The molecule has 1 fully saturated rings. The summed E-state index contributed by atoms with van der Waals surface area (Å²) in [7, 11) is 0. The lowest BCUT2D eigenvalue weighted by molar-refractivity contribution is 0.0879. The van der Waals surface area contributed by atoms with Gasteiger partial charge in [0.25, 0.3) is 0 Å². The van der Waals surface area contributed by atoms with Crippen molar-refractivity contribution >= 4 is 6.09 Å². The lowest BCUT2D eigenvalue weighted by Crippen LogP contribution is -2.36. The number of nitrogens with one attached hydrogen (secondary N) is 1. The van der Waals surface area contributed by atoms with Crippen LogP contribution >= 0.6 is 0 Å². The van der Waals surface area contributed by atoms with E-state index in [0.717, 1.165) is 31.2 Å². The first kappa shape index (κ1) is 16.4. The summed E-state index contributed by atoms with van der Waals surface area (Å²) < 4.78 is 11.3. The van der Waals surface area contributed by atoms with E-state index in [2.05, 4.69) is 15.5 Å². The summed E-state index contributed by atoms with van der Waals surface area (Å²) in [5.74, 6) is 1.31. The summed E-state index contributed by atoms with van der Waals surface area (Å²) in [6.07, 6.45) is 2.31. The Hall–Kier alpha value is -2.41. The second-order valence-corrected chi connectivity index (χ2v) is 6.01. The van der Waals surface area contributed by atoms with Crippen LogP contribution in [0.3, 0.4) is 0 Å². The van der Waals surface area contributed by atoms with Crippen molar-refractivity contribution in [2.45, 2.75) is 50.9 Å². The van der Waals surface area contributed by atoms with Crippen molar-refractivity contribution < 1.29 is 19.1 Å². The Labute approximate surface area is 140 Å². The molecule has 1 saturated carbocycles. The van der Waals surface area contributed by atoms with Crippen molar-refractivity contribution in [2.24, 2.45) is 0 Å². The van der Waals surface area contributed by atoms with Gasteiger partial charge in [-0.25, -0.2) is 4.79 Å². The van der Waals surface area contributed by atoms with Crippen molar-refractivity contribution in [1.82, 2.24) is 15.5 Å². The molecule has 3 rings (SSSR count). The van der Waals surface area contributed by atoms with Gasteiger partial charge in [0.1, 0.15) is 6.61 Å². The first-order valence-electron chi connectivity index (χ1n) is 8.14. The Balaban J connectivity index is 1.45. The number of carbonyl (C=O) groups is 1. The van der Waals surface area contributed by atoms with Gasteiger partial charge in [-0.2, -0.15) is 0 Å². The number of rotatable bonds is 6. The number of amides is 1.